The van der Waals surface area contributed by atoms with E-state index in [1.807, 2.05) is 0 Å². The molecule has 0 radical (unpaired) electrons. The average Bonchev–Trinajstić information content (AvgIpc) is 2.60. The second-order valence-electron chi connectivity index (χ2n) is 6.50. The number of hydrogen-bond donors (Lipinski definition) is 1. The summed E-state index contributed by atoms with van der Waals surface area (Å²) in [5.74, 6) is 0.518. The van der Waals surface area contributed by atoms with E-state index in [4.69, 9.17) is 9.94 Å². The second-order valence-corrected chi connectivity index (χ2v) is 6.50. The van der Waals surface area contributed by atoms with Crippen LogP contribution in [0.4, 0.5) is 13.2 Å². The maximum Gasteiger partial charge on any atom is 0.437 e. The van der Waals surface area contributed by atoms with Crippen LogP contribution in [0.15, 0.2) is 29.4 Å². The molecule has 0 saturated heterocycles. The van der Waals surface area contributed by atoms with E-state index in [-0.39, 0.29) is 5.56 Å². The van der Waals surface area contributed by atoms with Crippen LogP contribution >= 0.6 is 0 Å². The lowest BCUT2D eigenvalue weighted by Gasteiger charge is -2.10. The molecule has 3 nitrogen and oxygen atoms in total. The van der Waals surface area contributed by atoms with E-state index in [1.165, 1.54) is 75.6 Å². The normalized spacial score (nSPS) is 12.4. The number of nitrogens with zero attached hydrogens (tertiary/aromatic N) is 1. The molecule has 26 heavy (non-hydrogen) atoms. The summed E-state index contributed by atoms with van der Waals surface area (Å²) in [5.41, 5.74) is -1.50. The van der Waals surface area contributed by atoms with E-state index in [2.05, 4.69) is 12.1 Å². The van der Waals surface area contributed by atoms with Crippen LogP contribution in [0.25, 0.3) is 0 Å². The van der Waals surface area contributed by atoms with Gasteiger partial charge in [0.15, 0.2) is 5.71 Å². The Balaban J connectivity index is 2.15. The molecule has 0 bridgehead atoms. The van der Waals surface area contributed by atoms with Crippen LogP contribution in [0.5, 0.6) is 5.75 Å². The van der Waals surface area contributed by atoms with Crippen molar-refractivity contribution in [1.82, 2.24) is 0 Å². The minimum Gasteiger partial charge on any atom is -0.494 e. The van der Waals surface area contributed by atoms with Crippen molar-refractivity contribution in [1.29, 1.82) is 0 Å². The minimum absolute atomic E-state index is 0.189. The van der Waals surface area contributed by atoms with Crippen molar-refractivity contribution in [3.63, 3.8) is 0 Å². The van der Waals surface area contributed by atoms with Crippen molar-refractivity contribution in [2.45, 2.75) is 77.3 Å². The summed E-state index contributed by atoms with van der Waals surface area (Å²) >= 11 is 0. The van der Waals surface area contributed by atoms with Crippen LogP contribution < -0.4 is 4.74 Å². The highest BCUT2D eigenvalue weighted by Crippen LogP contribution is 2.24. The lowest BCUT2D eigenvalue weighted by Crippen LogP contribution is -2.23. The van der Waals surface area contributed by atoms with Gasteiger partial charge in [-0.15, -0.1) is 0 Å². The number of unbranched alkanes of at least 4 members (excludes halogenated alkanes) is 9. The predicted molar refractivity (Wildman–Crippen MR) is 98.2 cm³/mol. The van der Waals surface area contributed by atoms with Gasteiger partial charge in [0.05, 0.1) is 6.61 Å². The SMILES string of the molecule is CCCCCCCCCCCCOc1ccc(/C(=N/O)C(F)(F)F)cc1. The largest absolute Gasteiger partial charge is 0.494 e. The highest BCUT2D eigenvalue weighted by Gasteiger charge is 2.37. The highest BCUT2D eigenvalue weighted by atomic mass is 19.4. The number of benzene rings is 1. The van der Waals surface area contributed by atoms with Gasteiger partial charge in [-0.2, -0.15) is 13.2 Å². The topological polar surface area (TPSA) is 41.8 Å². The summed E-state index contributed by atoms with van der Waals surface area (Å²) in [6.07, 6.45) is 7.70. The number of halogens is 3. The average molecular weight is 373 g/mol. The first kappa shape index (κ1) is 22.3. The van der Waals surface area contributed by atoms with Crippen molar-refractivity contribution in [3.05, 3.63) is 29.8 Å². The summed E-state index contributed by atoms with van der Waals surface area (Å²) < 4.78 is 43.5. The Hall–Kier alpha value is -1.72. The Morgan fingerprint density at radius 3 is 1.85 bits per heavy atom. The molecule has 0 fully saturated rings. The van der Waals surface area contributed by atoms with Gasteiger partial charge in [0.25, 0.3) is 0 Å². The van der Waals surface area contributed by atoms with E-state index in [1.54, 1.807) is 0 Å². The van der Waals surface area contributed by atoms with Crippen LogP contribution in [0.2, 0.25) is 0 Å². The van der Waals surface area contributed by atoms with Crippen LogP contribution in [0.1, 0.15) is 76.7 Å². The Morgan fingerprint density at radius 1 is 0.885 bits per heavy atom. The van der Waals surface area contributed by atoms with Crippen molar-refractivity contribution < 1.29 is 23.1 Å². The third kappa shape index (κ3) is 9.11. The summed E-state index contributed by atoms with van der Waals surface area (Å²) in [6.45, 7) is 2.77. The number of oxime groups is 1. The van der Waals surface area contributed by atoms with E-state index in [0.29, 0.717) is 12.4 Å². The number of hydrogen-bond acceptors (Lipinski definition) is 3. The number of alkyl halides is 3. The van der Waals surface area contributed by atoms with E-state index in [0.717, 1.165) is 12.8 Å². The maximum atomic E-state index is 12.6. The predicted octanol–water partition coefficient (Wildman–Crippen LogP) is 6.73. The molecule has 0 unspecified atom stereocenters. The number of ether oxygens (including phenoxy) is 1. The van der Waals surface area contributed by atoms with E-state index < -0.39 is 11.9 Å². The molecule has 1 aromatic rings. The lowest BCUT2D eigenvalue weighted by atomic mass is 10.1. The van der Waals surface area contributed by atoms with Crippen LogP contribution in [0.3, 0.4) is 0 Å². The van der Waals surface area contributed by atoms with Gasteiger partial charge >= 0.3 is 6.18 Å². The summed E-state index contributed by atoms with van der Waals surface area (Å²) in [7, 11) is 0. The molecule has 0 aromatic heterocycles. The Morgan fingerprint density at radius 2 is 1.38 bits per heavy atom. The first-order valence-corrected chi connectivity index (χ1v) is 9.51. The Bertz CT molecular complexity index is 513. The summed E-state index contributed by atoms with van der Waals surface area (Å²) in [6, 6.07) is 5.41. The molecule has 148 valence electrons. The molecule has 0 aliphatic carbocycles. The van der Waals surface area contributed by atoms with Gasteiger partial charge in [-0.1, -0.05) is 69.9 Å². The van der Waals surface area contributed by atoms with E-state index in [9.17, 15) is 13.2 Å². The first-order valence-electron chi connectivity index (χ1n) is 9.51. The smallest absolute Gasteiger partial charge is 0.437 e. The van der Waals surface area contributed by atoms with Crippen molar-refractivity contribution >= 4 is 5.71 Å². The third-order valence-corrected chi connectivity index (χ3v) is 4.26. The van der Waals surface area contributed by atoms with Gasteiger partial charge in [-0.25, -0.2) is 0 Å². The minimum atomic E-state index is -4.69. The molecule has 1 rings (SSSR count). The fourth-order valence-electron chi connectivity index (χ4n) is 2.77. The molecule has 0 aliphatic heterocycles. The molecular weight excluding hydrogens is 343 g/mol. The summed E-state index contributed by atoms with van der Waals surface area (Å²) in [4.78, 5) is 0. The van der Waals surface area contributed by atoms with Gasteiger partial charge in [0.1, 0.15) is 5.75 Å². The summed E-state index contributed by atoms with van der Waals surface area (Å²) in [5, 5.41) is 10.9. The highest BCUT2D eigenvalue weighted by molar-refractivity contribution is 6.04. The first-order chi connectivity index (χ1) is 12.5. The molecule has 1 aromatic carbocycles. The molecular formula is C20H30F3NO2. The maximum absolute atomic E-state index is 12.6. The zero-order valence-corrected chi connectivity index (χ0v) is 15.5. The number of rotatable bonds is 13. The van der Waals surface area contributed by atoms with Crippen LogP contribution in [-0.4, -0.2) is 23.7 Å². The molecule has 0 aliphatic rings. The zero-order chi connectivity index (χ0) is 19.3. The van der Waals surface area contributed by atoms with Crippen molar-refractivity contribution in [2.24, 2.45) is 5.16 Å². The van der Waals surface area contributed by atoms with Crippen molar-refractivity contribution in [2.75, 3.05) is 6.61 Å². The Kier molecular flexibility index (Phi) is 10.8. The van der Waals surface area contributed by atoms with E-state index >= 15 is 0 Å². The quantitative estimate of drug-likeness (QED) is 0.180. The van der Waals surface area contributed by atoms with Crippen LogP contribution in [0, 0.1) is 0 Å². The Labute approximate surface area is 154 Å². The van der Waals surface area contributed by atoms with Gasteiger partial charge < -0.3 is 9.94 Å². The monoisotopic (exact) mass is 373 g/mol. The lowest BCUT2D eigenvalue weighted by molar-refractivity contribution is -0.0601. The molecule has 0 saturated carbocycles. The molecule has 0 spiro atoms. The fraction of sp³-hybridized carbons (Fsp3) is 0.650. The fourth-order valence-corrected chi connectivity index (χ4v) is 2.77. The molecule has 0 amide bonds. The van der Waals surface area contributed by atoms with Gasteiger partial charge in [-0.05, 0) is 30.7 Å². The second kappa shape index (κ2) is 12.6. The zero-order valence-electron chi connectivity index (χ0n) is 15.5. The molecule has 0 atom stereocenters. The van der Waals surface area contributed by atoms with Gasteiger partial charge in [0.2, 0.25) is 0 Å². The van der Waals surface area contributed by atoms with Gasteiger partial charge in [-0.3, -0.25) is 0 Å². The molecule has 0 heterocycles. The molecule has 6 heteroatoms. The van der Waals surface area contributed by atoms with Crippen molar-refractivity contribution in [3.8, 4) is 5.75 Å². The standard InChI is InChI=1S/C20H30F3NO2/c1-2-3-4-5-6-7-8-9-10-11-16-26-18-14-12-17(13-15-18)19(24-25)20(21,22)23/h12-15,25H,2-11,16H2,1H3/b24-19-. The molecule has 1 N–H and O–H groups in total. The van der Waals surface area contributed by atoms with Gasteiger partial charge in [0, 0.05) is 5.56 Å². The van der Waals surface area contributed by atoms with Crippen LogP contribution in [-0.2, 0) is 0 Å². The third-order valence-electron chi connectivity index (χ3n) is 4.26.